The molecule has 30 heavy (non-hydrogen) atoms. The number of carbonyl (C=O) groups is 1. The molecule has 0 N–H and O–H groups in total. The summed E-state index contributed by atoms with van der Waals surface area (Å²) >= 11 is 5.92. The number of benzene rings is 2. The van der Waals surface area contributed by atoms with E-state index in [2.05, 4.69) is 10.1 Å². The van der Waals surface area contributed by atoms with Gasteiger partial charge in [-0.2, -0.15) is 4.98 Å². The quantitative estimate of drug-likeness (QED) is 0.616. The minimum absolute atomic E-state index is 0.0702. The molecule has 0 spiro atoms. The zero-order valence-electron chi connectivity index (χ0n) is 16.7. The van der Waals surface area contributed by atoms with Gasteiger partial charge in [0.2, 0.25) is 5.82 Å². The molecule has 0 aliphatic carbocycles. The topological polar surface area (TPSA) is 80.9 Å². The minimum Gasteiger partial charge on any atom is -0.497 e. The lowest BCUT2D eigenvalue weighted by molar-refractivity contribution is 0.0744. The number of rotatable bonds is 5. The fraction of sp³-hybridized carbons (Fsp3) is 0.286. The summed E-state index contributed by atoms with van der Waals surface area (Å²) < 4.78 is 15.9. The first-order chi connectivity index (χ1) is 14.6. The van der Waals surface area contributed by atoms with Gasteiger partial charge in [0, 0.05) is 48.4 Å². The van der Waals surface area contributed by atoms with E-state index >= 15 is 0 Å². The molecule has 0 unspecified atom stereocenters. The van der Waals surface area contributed by atoms with Gasteiger partial charge in [0.05, 0.1) is 14.2 Å². The van der Waals surface area contributed by atoms with Crippen LogP contribution in [-0.4, -0.2) is 61.3 Å². The predicted octanol–water partition coefficient (Wildman–Crippen LogP) is 3.37. The second kappa shape index (κ2) is 8.62. The van der Waals surface area contributed by atoms with Gasteiger partial charge in [0.15, 0.2) is 0 Å². The Morgan fingerprint density at radius 2 is 1.63 bits per heavy atom. The number of piperazine rings is 1. The number of ether oxygens (including phenoxy) is 2. The van der Waals surface area contributed by atoms with Gasteiger partial charge < -0.3 is 23.8 Å². The predicted molar refractivity (Wildman–Crippen MR) is 112 cm³/mol. The molecular weight excluding hydrogens is 408 g/mol. The number of aromatic nitrogens is 2. The second-order valence-electron chi connectivity index (χ2n) is 6.79. The lowest BCUT2D eigenvalue weighted by Gasteiger charge is -2.33. The van der Waals surface area contributed by atoms with Crippen LogP contribution < -0.4 is 14.4 Å². The average molecular weight is 429 g/mol. The Kier molecular flexibility index (Phi) is 5.76. The third-order valence-corrected chi connectivity index (χ3v) is 5.21. The largest absolute Gasteiger partial charge is 0.497 e. The number of nitrogens with zero attached hydrogens (tertiary/aromatic N) is 4. The molecule has 9 heteroatoms. The molecule has 0 saturated carbocycles. The number of amides is 1. The fourth-order valence-corrected chi connectivity index (χ4v) is 3.40. The third-order valence-electron chi connectivity index (χ3n) is 4.95. The van der Waals surface area contributed by atoms with Crippen LogP contribution in [0, 0.1) is 0 Å². The second-order valence-corrected chi connectivity index (χ2v) is 7.22. The summed E-state index contributed by atoms with van der Waals surface area (Å²) in [5, 5.41) is 4.70. The molecule has 1 saturated heterocycles. The Hall–Kier alpha value is -3.26. The molecule has 3 aromatic rings. The van der Waals surface area contributed by atoms with Crippen LogP contribution in [-0.2, 0) is 0 Å². The van der Waals surface area contributed by atoms with Crippen molar-refractivity contribution >= 4 is 23.5 Å². The number of anilines is 1. The van der Waals surface area contributed by atoms with Crippen molar-refractivity contribution in [3.05, 3.63) is 53.1 Å². The van der Waals surface area contributed by atoms with Crippen LogP contribution in [0.25, 0.3) is 11.4 Å². The van der Waals surface area contributed by atoms with Crippen LogP contribution in [0.15, 0.2) is 47.0 Å². The van der Waals surface area contributed by atoms with E-state index in [4.69, 9.17) is 25.6 Å². The highest BCUT2D eigenvalue weighted by molar-refractivity contribution is 6.30. The van der Waals surface area contributed by atoms with Crippen molar-refractivity contribution in [2.24, 2.45) is 0 Å². The van der Waals surface area contributed by atoms with E-state index in [1.165, 1.54) is 0 Å². The van der Waals surface area contributed by atoms with Crippen molar-refractivity contribution < 1.29 is 18.8 Å². The minimum atomic E-state index is -0.0702. The molecule has 156 valence electrons. The van der Waals surface area contributed by atoms with Gasteiger partial charge in [-0.1, -0.05) is 16.8 Å². The van der Waals surface area contributed by atoms with E-state index in [1.54, 1.807) is 49.5 Å². The van der Waals surface area contributed by atoms with E-state index in [1.807, 2.05) is 17.0 Å². The third kappa shape index (κ3) is 4.18. The summed E-state index contributed by atoms with van der Waals surface area (Å²) in [7, 11) is 3.12. The molecule has 1 amide bonds. The van der Waals surface area contributed by atoms with Crippen molar-refractivity contribution in [2.75, 3.05) is 45.3 Å². The number of carbonyl (C=O) groups excluding carboxylic acids is 1. The maximum Gasteiger partial charge on any atom is 0.324 e. The van der Waals surface area contributed by atoms with E-state index in [0.29, 0.717) is 60.1 Å². The number of hydrogen-bond donors (Lipinski definition) is 0. The molecule has 0 bridgehead atoms. The van der Waals surface area contributed by atoms with Gasteiger partial charge in [-0.3, -0.25) is 4.79 Å². The summed E-state index contributed by atoms with van der Waals surface area (Å²) in [6.07, 6.45) is 0. The van der Waals surface area contributed by atoms with Crippen molar-refractivity contribution in [3.8, 4) is 22.9 Å². The van der Waals surface area contributed by atoms with E-state index in [9.17, 15) is 4.79 Å². The van der Waals surface area contributed by atoms with Crippen LogP contribution in [0.3, 0.4) is 0 Å². The van der Waals surface area contributed by atoms with E-state index < -0.39 is 0 Å². The first-order valence-corrected chi connectivity index (χ1v) is 9.82. The number of hydrogen-bond acceptors (Lipinski definition) is 7. The highest BCUT2D eigenvalue weighted by atomic mass is 35.5. The molecule has 2 aromatic carbocycles. The molecular formula is C21H21ClN4O4. The molecule has 0 radical (unpaired) electrons. The van der Waals surface area contributed by atoms with E-state index in [0.717, 1.165) is 5.56 Å². The summed E-state index contributed by atoms with van der Waals surface area (Å²) in [5.41, 5.74) is 1.36. The van der Waals surface area contributed by atoms with Gasteiger partial charge in [-0.15, -0.1) is 0 Å². The van der Waals surface area contributed by atoms with Crippen molar-refractivity contribution in [3.63, 3.8) is 0 Å². The van der Waals surface area contributed by atoms with Gasteiger partial charge in [0.25, 0.3) is 5.91 Å². The van der Waals surface area contributed by atoms with Crippen LogP contribution >= 0.6 is 11.6 Å². The maximum atomic E-state index is 12.9. The highest BCUT2D eigenvalue weighted by Gasteiger charge is 2.26. The summed E-state index contributed by atoms with van der Waals surface area (Å²) in [5.74, 6) is 1.59. The smallest absolute Gasteiger partial charge is 0.324 e. The van der Waals surface area contributed by atoms with Gasteiger partial charge >= 0.3 is 6.01 Å². The first kappa shape index (κ1) is 20.0. The Bertz CT molecular complexity index is 1010. The molecule has 4 rings (SSSR count). The van der Waals surface area contributed by atoms with Crippen LogP contribution in [0.5, 0.6) is 11.5 Å². The first-order valence-electron chi connectivity index (χ1n) is 9.44. The molecule has 1 aliphatic rings. The Labute approximate surface area is 178 Å². The Balaban J connectivity index is 1.42. The molecule has 1 fully saturated rings. The summed E-state index contributed by atoms with van der Waals surface area (Å²) in [6.45, 7) is 2.26. The number of methoxy groups -OCH3 is 2. The normalized spacial score (nSPS) is 14.0. The molecule has 2 heterocycles. The van der Waals surface area contributed by atoms with Crippen molar-refractivity contribution in [1.82, 2.24) is 15.0 Å². The van der Waals surface area contributed by atoms with Crippen LogP contribution in [0.1, 0.15) is 10.4 Å². The van der Waals surface area contributed by atoms with Crippen LogP contribution in [0.4, 0.5) is 6.01 Å². The van der Waals surface area contributed by atoms with Crippen LogP contribution in [0.2, 0.25) is 5.02 Å². The monoisotopic (exact) mass is 428 g/mol. The van der Waals surface area contributed by atoms with Crippen molar-refractivity contribution in [1.29, 1.82) is 0 Å². The Morgan fingerprint density at radius 1 is 1.00 bits per heavy atom. The SMILES string of the molecule is COc1cc(OC)cc(C(=O)N2CCN(c3nc(-c4ccc(Cl)cc4)no3)CC2)c1. The molecule has 8 nitrogen and oxygen atoms in total. The highest BCUT2D eigenvalue weighted by Crippen LogP contribution is 2.25. The summed E-state index contributed by atoms with van der Waals surface area (Å²) in [6, 6.07) is 12.9. The zero-order chi connectivity index (χ0) is 21.1. The molecule has 0 atom stereocenters. The fourth-order valence-electron chi connectivity index (χ4n) is 3.27. The maximum absolute atomic E-state index is 12.9. The zero-order valence-corrected chi connectivity index (χ0v) is 17.4. The standard InChI is InChI=1S/C21H21ClN4O4/c1-28-17-11-15(12-18(13-17)29-2)20(27)25-7-9-26(10-8-25)21-23-19(24-30-21)14-3-5-16(22)6-4-14/h3-6,11-13H,7-10H2,1-2H3. The molecule has 1 aliphatic heterocycles. The summed E-state index contributed by atoms with van der Waals surface area (Å²) in [4.78, 5) is 21.2. The molecule has 1 aromatic heterocycles. The van der Waals surface area contributed by atoms with Gasteiger partial charge in [0.1, 0.15) is 11.5 Å². The Morgan fingerprint density at radius 3 is 2.23 bits per heavy atom. The average Bonchev–Trinajstić information content (AvgIpc) is 3.29. The van der Waals surface area contributed by atoms with E-state index in [-0.39, 0.29) is 5.91 Å². The lowest BCUT2D eigenvalue weighted by atomic mass is 10.1. The number of halogens is 1. The van der Waals surface area contributed by atoms with Crippen molar-refractivity contribution in [2.45, 2.75) is 0 Å². The van der Waals surface area contributed by atoms with Gasteiger partial charge in [-0.05, 0) is 36.4 Å². The van der Waals surface area contributed by atoms with Gasteiger partial charge in [-0.25, -0.2) is 0 Å². The lowest BCUT2D eigenvalue weighted by Crippen LogP contribution is -2.48.